The van der Waals surface area contributed by atoms with E-state index in [4.69, 9.17) is 5.73 Å². The molecule has 1 saturated carbocycles. The van der Waals surface area contributed by atoms with Gasteiger partial charge in [-0.2, -0.15) is 0 Å². The molecule has 0 radical (unpaired) electrons. The monoisotopic (exact) mass is 230 g/mol. The van der Waals surface area contributed by atoms with Crippen LogP contribution in [0.25, 0.3) is 0 Å². The summed E-state index contributed by atoms with van der Waals surface area (Å²) in [6.07, 6.45) is 3.87. The Morgan fingerprint density at radius 3 is 2.53 bits per heavy atom. The first-order valence-electron chi connectivity index (χ1n) is 6.89. The molecule has 2 atom stereocenters. The Kier molecular flexibility index (Phi) is 2.93. The van der Waals surface area contributed by atoms with Crippen molar-refractivity contribution in [2.45, 2.75) is 44.2 Å². The quantitative estimate of drug-likeness (QED) is 0.865. The summed E-state index contributed by atoms with van der Waals surface area (Å²) in [7, 11) is 0. The Bertz CT molecular complexity index is 398. The lowest BCUT2D eigenvalue weighted by Crippen LogP contribution is -2.32. The van der Waals surface area contributed by atoms with Crippen LogP contribution in [0.5, 0.6) is 0 Å². The Hall–Kier alpha value is -0.860. The number of nitrogens with two attached hydrogens (primary N) is 1. The molecule has 0 spiro atoms. The van der Waals surface area contributed by atoms with E-state index >= 15 is 0 Å². The summed E-state index contributed by atoms with van der Waals surface area (Å²) in [5.41, 5.74) is 9.39. The normalized spacial score (nSPS) is 29.8. The minimum Gasteiger partial charge on any atom is -0.326 e. The second kappa shape index (κ2) is 4.43. The molecular formula is C15H22N2. The van der Waals surface area contributed by atoms with Crippen LogP contribution in [0.4, 0.5) is 0 Å². The van der Waals surface area contributed by atoms with Crippen LogP contribution in [-0.2, 0) is 0 Å². The molecule has 1 aromatic rings. The van der Waals surface area contributed by atoms with E-state index in [-0.39, 0.29) is 0 Å². The number of likely N-dealkylation sites (N-methyl/N-ethyl adjacent to an activating group) is 1. The molecule has 2 unspecified atom stereocenters. The van der Waals surface area contributed by atoms with Crippen molar-refractivity contribution in [3.05, 3.63) is 35.4 Å². The van der Waals surface area contributed by atoms with Gasteiger partial charge >= 0.3 is 0 Å². The maximum absolute atomic E-state index is 6.32. The maximum Gasteiger partial charge on any atom is 0.0502 e. The van der Waals surface area contributed by atoms with Crippen LogP contribution >= 0.6 is 0 Å². The molecule has 0 bridgehead atoms. The molecule has 3 rings (SSSR count). The average Bonchev–Trinajstić information content (AvgIpc) is 3.13. The molecule has 1 aliphatic carbocycles. The molecule has 1 aliphatic heterocycles. The Balaban J connectivity index is 1.96. The molecule has 1 heterocycles. The number of nitrogens with zero attached hydrogens (tertiary/aromatic N) is 1. The summed E-state index contributed by atoms with van der Waals surface area (Å²) in [5, 5.41) is 0. The van der Waals surface area contributed by atoms with Crippen LogP contribution in [0.2, 0.25) is 0 Å². The number of rotatable bonds is 3. The van der Waals surface area contributed by atoms with Gasteiger partial charge in [0.2, 0.25) is 0 Å². The lowest BCUT2D eigenvalue weighted by atomic mass is 9.93. The highest BCUT2D eigenvalue weighted by molar-refractivity contribution is 5.37. The molecule has 1 aromatic carbocycles. The van der Waals surface area contributed by atoms with Crippen molar-refractivity contribution in [1.82, 2.24) is 4.90 Å². The standard InChI is InChI=1S/C15H22N2/c1-2-17-10-9-14(16)15(17)13-6-4-3-5-12(13)11-7-8-11/h3-6,11,14-15H,2,7-10,16H2,1H3. The van der Waals surface area contributed by atoms with Gasteiger partial charge in [-0.05, 0) is 42.9 Å². The third-order valence-corrected chi connectivity index (χ3v) is 4.29. The Morgan fingerprint density at radius 2 is 1.88 bits per heavy atom. The van der Waals surface area contributed by atoms with Crippen LogP contribution in [0.15, 0.2) is 24.3 Å². The first-order chi connectivity index (χ1) is 8.31. The summed E-state index contributed by atoms with van der Waals surface area (Å²) in [5.74, 6) is 0.817. The van der Waals surface area contributed by atoms with Crippen molar-refractivity contribution in [1.29, 1.82) is 0 Å². The topological polar surface area (TPSA) is 29.3 Å². The predicted octanol–water partition coefficient (Wildman–Crippen LogP) is 2.66. The summed E-state index contributed by atoms with van der Waals surface area (Å²) in [4.78, 5) is 2.53. The summed E-state index contributed by atoms with van der Waals surface area (Å²) < 4.78 is 0. The van der Waals surface area contributed by atoms with Crippen LogP contribution < -0.4 is 5.73 Å². The van der Waals surface area contributed by atoms with E-state index in [0.717, 1.165) is 25.4 Å². The molecule has 2 aliphatic rings. The Labute approximate surface area is 104 Å². The van der Waals surface area contributed by atoms with Gasteiger partial charge in [-0.1, -0.05) is 31.2 Å². The highest BCUT2D eigenvalue weighted by Crippen LogP contribution is 2.45. The van der Waals surface area contributed by atoms with Gasteiger partial charge in [0, 0.05) is 12.6 Å². The fourth-order valence-electron chi connectivity index (χ4n) is 3.21. The van der Waals surface area contributed by atoms with E-state index < -0.39 is 0 Å². The van der Waals surface area contributed by atoms with E-state index in [9.17, 15) is 0 Å². The van der Waals surface area contributed by atoms with Crippen molar-refractivity contribution in [2.24, 2.45) is 5.73 Å². The lowest BCUT2D eigenvalue weighted by molar-refractivity contribution is 0.260. The van der Waals surface area contributed by atoms with Crippen molar-refractivity contribution in [3.63, 3.8) is 0 Å². The predicted molar refractivity (Wildman–Crippen MR) is 71.0 cm³/mol. The summed E-state index contributed by atoms with van der Waals surface area (Å²) in [6, 6.07) is 9.72. The zero-order valence-corrected chi connectivity index (χ0v) is 10.6. The number of hydrogen-bond acceptors (Lipinski definition) is 2. The van der Waals surface area contributed by atoms with E-state index in [0.29, 0.717) is 12.1 Å². The summed E-state index contributed by atoms with van der Waals surface area (Å²) >= 11 is 0. The second-order valence-electron chi connectivity index (χ2n) is 5.43. The van der Waals surface area contributed by atoms with Gasteiger partial charge < -0.3 is 5.73 Å². The largest absolute Gasteiger partial charge is 0.326 e. The van der Waals surface area contributed by atoms with Gasteiger partial charge in [-0.25, -0.2) is 0 Å². The molecule has 1 saturated heterocycles. The second-order valence-corrected chi connectivity index (χ2v) is 5.43. The lowest BCUT2D eigenvalue weighted by Gasteiger charge is -2.28. The highest BCUT2D eigenvalue weighted by Gasteiger charge is 2.35. The van der Waals surface area contributed by atoms with Gasteiger partial charge in [-0.3, -0.25) is 4.90 Å². The molecule has 0 amide bonds. The fourth-order valence-corrected chi connectivity index (χ4v) is 3.21. The molecular weight excluding hydrogens is 208 g/mol. The van der Waals surface area contributed by atoms with Crippen molar-refractivity contribution < 1.29 is 0 Å². The molecule has 0 aromatic heterocycles. The van der Waals surface area contributed by atoms with E-state index in [1.807, 2.05) is 0 Å². The van der Waals surface area contributed by atoms with Gasteiger partial charge in [0.15, 0.2) is 0 Å². The van der Waals surface area contributed by atoms with E-state index in [2.05, 4.69) is 36.1 Å². The molecule has 92 valence electrons. The van der Waals surface area contributed by atoms with Gasteiger partial charge in [0.25, 0.3) is 0 Å². The fraction of sp³-hybridized carbons (Fsp3) is 0.600. The number of benzene rings is 1. The number of hydrogen-bond donors (Lipinski definition) is 1. The first kappa shape index (κ1) is 11.2. The molecule has 17 heavy (non-hydrogen) atoms. The average molecular weight is 230 g/mol. The third kappa shape index (κ3) is 2.00. The molecule has 2 N–H and O–H groups in total. The van der Waals surface area contributed by atoms with Gasteiger partial charge in [0.1, 0.15) is 0 Å². The van der Waals surface area contributed by atoms with E-state index in [1.165, 1.54) is 18.4 Å². The first-order valence-corrected chi connectivity index (χ1v) is 6.89. The van der Waals surface area contributed by atoms with E-state index in [1.54, 1.807) is 5.56 Å². The zero-order chi connectivity index (χ0) is 11.8. The smallest absolute Gasteiger partial charge is 0.0502 e. The van der Waals surface area contributed by atoms with Crippen molar-refractivity contribution >= 4 is 0 Å². The highest BCUT2D eigenvalue weighted by atomic mass is 15.2. The number of likely N-dealkylation sites (tertiary alicyclic amines) is 1. The molecule has 2 heteroatoms. The summed E-state index contributed by atoms with van der Waals surface area (Å²) in [6.45, 7) is 4.50. The van der Waals surface area contributed by atoms with Gasteiger partial charge in [-0.15, -0.1) is 0 Å². The van der Waals surface area contributed by atoms with Crippen molar-refractivity contribution in [3.8, 4) is 0 Å². The maximum atomic E-state index is 6.32. The molecule has 2 fully saturated rings. The van der Waals surface area contributed by atoms with Gasteiger partial charge in [0.05, 0.1) is 6.04 Å². The third-order valence-electron chi connectivity index (χ3n) is 4.29. The zero-order valence-electron chi connectivity index (χ0n) is 10.6. The van der Waals surface area contributed by atoms with Crippen LogP contribution in [0.1, 0.15) is 49.3 Å². The van der Waals surface area contributed by atoms with Crippen molar-refractivity contribution in [2.75, 3.05) is 13.1 Å². The molecule has 2 nitrogen and oxygen atoms in total. The minimum absolute atomic E-state index is 0.315. The minimum atomic E-state index is 0.315. The van der Waals surface area contributed by atoms with Crippen LogP contribution in [0.3, 0.4) is 0 Å². The van der Waals surface area contributed by atoms with Crippen LogP contribution in [-0.4, -0.2) is 24.0 Å². The van der Waals surface area contributed by atoms with Crippen LogP contribution in [0, 0.1) is 0 Å². The Morgan fingerprint density at radius 1 is 1.18 bits per heavy atom. The SMILES string of the molecule is CCN1CCC(N)C1c1ccccc1C1CC1.